The normalized spacial score (nSPS) is 24.5. The van der Waals surface area contributed by atoms with Crippen LogP contribution in [0.2, 0.25) is 0 Å². The van der Waals surface area contributed by atoms with E-state index in [2.05, 4.69) is 5.32 Å². The lowest BCUT2D eigenvalue weighted by atomic mass is 10.2. The van der Waals surface area contributed by atoms with Gasteiger partial charge in [-0.15, -0.1) is 0 Å². The van der Waals surface area contributed by atoms with Gasteiger partial charge in [0.1, 0.15) is 5.75 Å². The number of carbonyl (C=O) groups excluding carboxylic acids is 1. The first-order valence-corrected chi connectivity index (χ1v) is 11.7. The van der Waals surface area contributed by atoms with Crippen molar-refractivity contribution in [2.24, 2.45) is 0 Å². The molecule has 0 spiro atoms. The Morgan fingerprint density at radius 1 is 1.13 bits per heavy atom. The Hall–Kier alpha value is -1.72. The van der Waals surface area contributed by atoms with Gasteiger partial charge in [-0.3, -0.25) is 9.69 Å². The van der Waals surface area contributed by atoms with Crippen LogP contribution in [0, 0.1) is 6.92 Å². The van der Waals surface area contributed by atoms with Crippen LogP contribution in [-0.2, 0) is 19.7 Å². The fraction of sp³-hybridized carbons (Fsp3) is 0.650. The van der Waals surface area contributed by atoms with Crippen molar-refractivity contribution in [1.82, 2.24) is 13.5 Å². The summed E-state index contributed by atoms with van der Waals surface area (Å²) in [5.74, 6) is 0.463. The standard InChI is InChI=1S/C20H32N4O5S/c1-15-5-6-19(28-4)18(11-15)21-20(25)14-22-7-9-23(10-8-22)30(26,27)24-12-16(2)29-17(3)13-24/h5-6,11,16-17H,7-10,12-14H2,1-4H3,(H,21,25). The van der Waals surface area contributed by atoms with Crippen molar-refractivity contribution in [2.45, 2.75) is 33.0 Å². The predicted octanol–water partition coefficient (Wildman–Crippen LogP) is 0.914. The van der Waals surface area contributed by atoms with Gasteiger partial charge in [-0.1, -0.05) is 6.07 Å². The quantitative estimate of drug-likeness (QED) is 0.707. The second-order valence-corrected chi connectivity index (χ2v) is 9.94. The van der Waals surface area contributed by atoms with E-state index in [1.165, 1.54) is 8.61 Å². The smallest absolute Gasteiger partial charge is 0.282 e. The molecule has 30 heavy (non-hydrogen) atoms. The summed E-state index contributed by atoms with van der Waals surface area (Å²) in [6.45, 7) is 8.41. The molecule has 0 aliphatic carbocycles. The van der Waals surface area contributed by atoms with Crippen LogP contribution in [0.15, 0.2) is 18.2 Å². The van der Waals surface area contributed by atoms with Crippen LogP contribution in [0.3, 0.4) is 0 Å². The molecule has 2 atom stereocenters. The first-order chi connectivity index (χ1) is 14.2. The highest BCUT2D eigenvalue weighted by molar-refractivity contribution is 7.86. The zero-order valence-electron chi connectivity index (χ0n) is 18.1. The molecule has 2 heterocycles. The van der Waals surface area contributed by atoms with E-state index in [9.17, 15) is 13.2 Å². The van der Waals surface area contributed by atoms with E-state index in [1.54, 1.807) is 7.11 Å². The molecule has 0 radical (unpaired) electrons. The van der Waals surface area contributed by atoms with Crippen LogP contribution in [0.25, 0.3) is 0 Å². The maximum absolute atomic E-state index is 13.0. The summed E-state index contributed by atoms with van der Waals surface area (Å²) in [6, 6.07) is 5.61. The molecule has 2 fully saturated rings. The lowest BCUT2D eigenvalue weighted by molar-refractivity contribution is -0.117. The number of amides is 1. The largest absolute Gasteiger partial charge is 0.495 e. The lowest BCUT2D eigenvalue weighted by Crippen LogP contribution is -2.57. The Morgan fingerprint density at radius 3 is 2.37 bits per heavy atom. The second-order valence-electron chi connectivity index (χ2n) is 8.01. The number of methoxy groups -OCH3 is 1. The molecule has 2 aliphatic heterocycles. The van der Waals surface area contributed by atoms with E-state index in [-0.39, 0.29) is 24.7 Å². The van der Waals surface area contributed by atoms with E-state index < -0.39 is 10.2 Å². The van der Waals surface area contributed by atoms with E-state index in [1.807, 2.05) is 43.9 Å². The predicted molar refractivity (Wildman–Crippen MR) is 115 cm³/mol. The molecule has 3 rings (SSSR count). The van der Waals surface area contributed by atoms with Gasteiger partial charge in [-0.2, -0.15) is 17.0 Å². The first-order valence-electron chi connectivity index (χ1n) is 10.3. The molecule has 0 aromatic heterocycles. The number of anilines is 1. The van der Waals surface area contributed by atoms with E-state index in [0.717, 1.165) is 5.56 Å². The van der Waals surface area contributed by atoms with Gasteiger partial charge in [0.15, 0.2) is 0 Å². The molecule has 1 aromatic rings. The third-order valence-corrected chi connectivity index (χ3v) is 7.33. The number of benzene rings is 1. The molecule has 2 aliphatic rings. The van der Waals surface area contributed by atoms with Crippen molar-refractivity contribution in [3.05, 3.63) is 23.8 Å². The third-order valence-electron chi connectivity index (χ3n) is 5.37. The fourth-order valence-corrected chi connectivity index (χ4v) is 5.66. The highest BCUT2D eigenvalue weighted by atomic mass is 32.2. The lowest BCUT2D eigenvalue weighted by Gasteiger charge is -2.40. The van der Waals surface area contributed by atoms with Crippen LogP contribution < -0.4 is 10.1 Å². The van der Waals surface area contributed by atoms with Crippen LogP contribution in [0.4, 0.5) is 5.69 Å². The number of carbonyl (C=O) groups is 1. The maximum Gasteiger partial charge on any atom is 0.282 e. The number of morpholine rings is 1. The summed E-state index contributed by atoms with van der Waals surface area (Å²) in [7, 11) is -1.96. The summed E-state index contributed by atoms with van der Waals surface area (Å²) >= 11 is 0. The minimum atomic E-state index is -3.52. The number of piperazine rings is 1. The zero-order valence-corrected chi connectivity index (χ0v) is 18.9. The van der Waals surface area contributed by atoms with Gasteiger partial charge in [0, 0.05) is 39.3 Å². The van der Waals surface area contributed by atoms with Gasteiger partial charge in [-0.25, -0.2) is 0 Å². The Balaban J connectivity index is 1.53. The molecule has 1 amide bonds. The van der Waals surface area contributed by atoms with Gasteiger partial charge in [-0.05, 0) is 38.5 Å². The van der Waals surface area contributed by atoms with Gasteiger partial charge >= 0.3 is 0 Å². The van der Waals surface area contributed by atoms with Crippen LogP contribution in [0.5, 0.6) is 5.75 Å². The molecule has 1 aromatic carbocycles. The van der Waals surface area contributed by atoms with Crippen molar-refractivity contribution < 1.29 is 22.7 Å². The number of rotatable bonds is 6. The second kappa shape index (κ2) is 9.61. The number of ether oxygens (including phenoxy) is 2. The molecule has 10 heteroatoms. The molecular weight excluding hydrogens is 408 g/mol. The van der Waals surface area contributed by atoms with Gasteiger partial charge in [0.25, 0.3) is 10.2 Å². The van der Waals surface area contributed by atoms with Crippen molar-refractivity contribution in [3.8, 4) is 5.75 Å². The van der Waals surface area contributed by atoms with Gasteiger partial charge in [0.05, 0.1) is 31.5 Å². The minimum absolute atomic E-state index is 0.118. The van der Waals surface area contributed by atoms with Gasteiger partial charge < -0.3 is 14.8 Å². The highest BCUT2D eigenvalue weighted by Crippen LogP contribution is 2.25. The van der Waals surface area contributed by atoms with Crippen molar-refractivity contribution in [1.29, 1.82) is 0 Å². The Kier molecular flexibility index (Phi) is 7.35. The van der Waals surface area contributed by atoms with Crippen LogP contribution in [0.1, 0.15) is 19.4 Å². The Morgan fingerprint density at radius 2 is 1.77 bits per heavy atom. The van der Waals surface area contributed by atoms with Crippen LogP contribution in [-0.4, -0.2) is 93.0 Å². The fourth-order valence-electron chi connectivity index (χ4n) is 3.91. The number of hydrogen-bond acceptors (Lipinski definition) is 6. The zero-order chi connectivity index (χ0) is 21.9. The molecule has 0 bridgehead atoms. The highest BCUT2D eigenvalue weighted by Gasteiger charge is 2.36. The molecule has 9 nitrogen and oxygen atoms in total. The molecule has 168 valence electrons. The SMILES string of the molecule is COc1ccc(C)cc1NC(=O)CN1CCN(S(=O)(=O)N2CC(C)OC(C)C2)CC1. The monoisotopic (exact) mass is 440 g/mol. The number of nitrogens with zero attached hydrogens (tertiary/aromatic N) is 3. The minimum Gasteiger partial charge on any atom is -0.495 e. The molecule has 2 saturated heterocycles. The average molecular weight is 441 g/mol. The molecule has 0 saturated carbocycles. The van der Waals surface area contributed by atoms with Crippen molar-refractivity contribution in [3.63, 3.8) is 0 Å². The van der Waals surface area contributed by atoms with E-state index in [0.29, 0.717) is 50.7 Å². The number of hydrogen-bond donors (Lipinski definition) is 1. The van der Waals surface area contributed by atoms with Crippen LogP contribution >= 0.6 is 0 Å². The number of aryl methyl sites for hydroxylation is 1. The van der Waals surface area contributed by atoms with E-state index >= 15 is 0 Å². The molecular formula is C20H32N4O5S. The summed E-state index contributed by atoms with van der Waals surface area (Å²) in [5.41, 5.74) is 1.66. The summed E-state index contributed by atoms with van der Waals surface area (Å²) in [4.78, 5) is 14.5. The third kappa shape index (κ3) is 5.50. The topological polar surface area (TPSA) is 91.4 Å². The van der Waals surface area contributed by atoms with Crippen molar-refractivity contribution >= 4 is 21.8 Å². The van der Waals surface area contributed by atoms with Crippen molar-refractivity contribution in [2.75, 3.05) is 58.2 Å². The molecule has 2 unspecified atom stereocenters. The van der Waals surface area contributed by atoms with E-state index in [4.69, 9.17) is 9.47 Å². The Bertz CT molecular complexity index is 845. The number of nitrogens with one attached hydrogen (secondary N) is 1. The first kappa shape index (κ1) is 23.0. The Labute approximate surface area is 179 Å². The summed E-state index contributed by atoms with van der Waals surface area (Å²) in [6.07, 6.45) is -0.237. The maximum atomic E-state index is 13.0. The van der Waals surface area contributed by atoms with Gasteiger partial charge in [0.2, 0.25) is 5.91 Å². The summed E-state index contributed by atoms with van der Waals surface area (Å²) in [5, 5.41) is 2.89. The molecule has 1 N–H and O–H groups in total. The summed E-state index contributed by atoms with van der Waals surface area (Å²) < 4.78 is 39.9. The average Bonchev–Trinajstić information content (AvgIpc) is 2.68.